The summed E-state index contributed by atoms with van der Waals surface area (Å²) < 4.78 is 4.43. The molecule has 0 heterocycles. The summed E-state index contributed by atoms with van der Waals surface area (Å²) in [4.78, 5) is 10.5. The highest BCUT2D eigenvalue weighted by Gasteiger charge is 2.18. The molecular weight excluding hydrogens is 128 g/mol. The van der Waals surface area contributed by atoms with Crippen LogP contribution in [0.25, 0.3) is 0 Å². The number of carbonyl (C=O) groups excluding carboxylic acids is 1. The van der Waals surface area contributed by atoms with Crippen molar-refractivity contribution in [1.82, 2.24) is 0 Å². The van der Waals surface area contributed by atoms with Crippen molar-refractivity contribution in [2.45, 2.75) is 19.3 Å². The van der Waals surface area contributed by atoms with E-state index in [1.165, 1.54) is 26.0 Å². The third-order valence-electron chi connectivity index (χ3n) is 1.62. The minimum absolute atomic E-state index is 0.249. The van der Waals surface area contributed by atoms with Crippen LogP contribution in [-0.4, -0.2) is 13.1 Å². The molecule has 1 fully saturated rings. The molecular formula is C8H12O2. The number of ether oxygens (including phenoxy) is 1. The minimum Gasteiger partial charge on any atom is -0.466 e. The smallest absolute Gasteiger partial charge is 0.330 e. The summed E-state index contributed by atoms with van der Waals surface area (Å²) in [5.41, 5.74) is 0. The number of hydrogen-bond acceptors (Lipinski definition) is 2. The van der Waals surface area contributed by atoms with Crippen molar-refractivity contribution >= 4 is 5.97 Å². The van der Waals surface area contributed by atoms with Gasteiger partial charge in [0.25, 0.3) is 0 Å². The molecule has 0 aromatic rings. The van der Waals surface area contributed by atoms with Crippen molar-refractivity contribution < 1.29 is 9.53 Å². The minimum atomic E-state index is -0.249. The fraction of sp³-hybridized carbons (Fsp3) is 0.625. The summed E-state index contributed by atoms with van der Waals surface area (Å²) in [6.45, 7) is 0. The van der Waals surface area contributed by atoms with Crippen LogP contribution in [0.2, 0.25) is 0 Å². The van der Waals surface area contributed by atoms with E-state index in [0.717, 1.165) is 12.3 Å². The maximum atomic E-state index is 10.5. The normalized spacial score (nSPS) is 17.7. The molecule has 10 heavy (non-hydrogen) atoms. The third-order valence-corrected chi connectivity index (χ3v) is 1.62. The molecule has 0 N–H and O–H groups in total. The van der Waals surface area contributed by atoms with E-state index >= 15 is 0 Å². The fourth-order valence-corrected chi connectivity index (χ4v) is 0.778. The van der Waals surface area contributed by atoms with Crippen LogP contribution in [0.15, 0.2) is 12.2 Å². The molecule has 1 rings (SSSR count). The Hall–Kier alpha value is -0.790. The van der Waals surface area contributed by atoms with Gasteiger partial charge in [-0.1, -0.05) is 6.08 Å². The first-order valence-corrected chi connectivity index (χ1v) is 3.57. The molecule has 0 unspecified atom stereocenters. The largest absolute Gasteiger partial charge is 0.466 e. The maximum Gasteiger partial charge on any atom is 0.330 e. The summed E-state index contributed by atoms with van der Waals surface area (Å²) in [6.07, 6.45) is 7.08. The Morgan fingerprint density at radius 3 is 2.90 bits per heavy atom. The number of esters is 1. The van der Waals surface area contributed by atoms with Crippen LogP contribution in [0.1, 0.15) is 19.3 Å². The highest BCUT2D eigenvalue weighted by atomic mass is 16.5. The van der Waals surface area contributed by atoms with Crippen molar-refractivity contribution in [2.75, 3.05) is 7.11 Å². The van der Waals surface area contributed by atoms with Gasteiger partial charge in [-0.3, -0.25) is 0 Å². The van der Waals surface area contributed by atoms with E-state index in [4.69, 9.17) is 0 Å². The Morgan fingerprint density at radius 2 is 2.40 bits per heavy atom. The highest BCUT2D eigenvalue weighted by molar-refractivity contribution is 5.81. The highest BCUT2D eigenvalue weighted by Crippen LogP contribution is 2.32. The molecule has 0 bridgehead atoms. The molecule has 1 aliphatic rings. The molecule has 1 saturated carbocycles. The Morgan fingerprint density at radius 1 is 1.70 bits per heavy atom. The molecule has 2 nitrogen and oxygen atoms in total. The average molecular weight is 140 g/mol. The summed E-state index contributed by atoms with van der Waals surface area (Å²) in [6, 6.07) is 0. The van der Waals surface area contributed by atoms with Crippen LogP contribution in [0.3, 0.4) is 0 Å². The van der Waals surface area contributed by atoms with Gasteiger partial charge in [-0.05, 0) is 25.2 Å². The van der Waals surface area contributed by atoms with Gasteiger partial charge in [-0.15, -0.1) is 0 Å². The van der Waals surface area contributed by atoms with Gasteiger partial charge in [0.15, 0.2) is 0 Å². The predicted octanol–water partition coefficient (Wildman–Crippen LogP) is 1.52. The lowest BCUT2D eigenvalue weighted by atomic mass is 10.3. The Kier molecular flexibility index (Phi) is 2.49. The predicted molar refractivity (Wildman–Crippen MR) is 38.5 cm³/mol. The zero-order valence-corrected chi connectivity index (χ0v) is 6.17. The fourth-order valence-electron chi connectivity index (χ4n) is 0.778. The summed E-state index contributed by atoms with van der Waals surface area (Å²) in [5, 5.41) is 0. The van der Waals surface area contributed by atoms with Crippen molar-refractivity contribution in [3.05, 3.63) is 12.2 Å². The Bertz CT molecular complexity index is 145. The second-order valence-corrected chi connectivity index (χ2v) is 2.60. The topological polar surface area (TPSA) is 26.3 Å². The number of allylic oxidation sites excluding steroid dienone is 1. The lowest BCUT2D eigenvalue weighted by Crippen LogP contribution is -1.93. The van der Waals surface area contributed by atoms with Crippen LogP contribution in [-0.2, 0) is 9.53 Å². The zero-order chi connectivity index (χ0) is 7.40. The summed E-state index contributed by atoms with van der Waals surface area (Å²) >= 11 is 0. The van der Waals surface area contributed by atoms with E-state index in [-0.39, 0.29) is 5.97 Å². The van der Waals surface area contributed by atoms with E-state index in [1.54, 1.807) is 0 Å². The van der Waals surface area contributed by atoms with Gasteiger partial charge in [-0.2, -0.15) is 0 Å². The molecule has 0 amide bonds. The molecule has 0 atom stereocenters. The van der Waals surface area contributed by atoms with Crippen LogP contribution >= 0.6 is 0 Å². The van der Waals surface area contributed by atoms with Gasteiger partial charge in [0.2, 0.25) is 0 Å². The molecule has 0 radical (unpaired) electrons. The van der Waals surface area contributed by atoms with Gasteiger partial charge < -0.3 is 4.74 Å². The molecule has 0 aliphatic heterocycles. The van der Waals surface area contributed by atoms with Crippen LogP contribution < -0.4 is 0 Å². The number of hydrogen-bond donors (Lipinski definition) is 0. The molecule has 0 saturated heterocycles. The van der Waals surface area contributed by atoms with E-state index in [1.807, 2.05) is 6.08 Å². The first-order chi connectivity index (χ1) is 4.83. The number of rotatable bonds is 3. The van der Waals surface area contributed by atoms with Gasteiger partial charge in [-0.25, -0.2) is 4.79 Å². The first-order valence-electron chi connectivity index (χ1n) is 3.57. The molecule has 0 aromatic heterocycles. The SMILES string of the molecule is COC(=O)C=CCC1CC1. The van der Waals surface area contributed by atoms with Crippen molar-refractivity contribution in [2.24, 2.45) is 5.92 Å². The number of methoxy groups -OCH3 is 1. The van der Waals surface area contributed by atoms with Crippen LogP contribution in [0, 0.1) is 5.92 Å². The van der Waals surface area contributed by atoms with Crippen LogP contribution in [0.5, 0.6) is 0 Å². The van der Waals surface area contributed by atoms with Gasteiger partial charge in [0.05, 0.1) is 7.11 Å². The van der Waals surface area contributed by atoms with E-state index in [0.29, 0.717) is 0 Å². The Balaban J connectivity index is 2.08. The second kappa shape index (κ2) is 3.40. The van der Waals surface area contributed by atoms with Gasteiger partial charge in [0.1, 0.15) is 0 Å². The number of carbonyl (C=O) groups is 1. The van der Waals surface area contributed by atoms with Crippen molar-refractivity contribution in [3.63, 3.8) is 0 Å². The average Bonchev–Trinajstić information content (AvgIpc) is 2.71. The molecule has 1 aliphatic carbocycles. The van der Waals surface area contributed by atoms with E-state index in [9.17, 15) is 4.79 Å². The maximum absolute atomic E-state index is 10.5. The van der Waals surface area contributed by atoms with Crippen LogP contribution in [0.4, 0.5) is 0 Å². The van der Waals surface area contributed by atoms with Gasteiger partial charge in [0, 0.05) is 6.08 Å². The summed E-state index contributed by atoms with van der Waals surface area (Å²) in [5.74, 6) is 0.599. The zero-order valence-electron chi connectivity index (χ0n) is 6.17. The van der Waals surface area contributed by atoms with Crippen molar-refractivity contribution in [3.8, 4) is 0 Å². The molecule has 0 spiro atoms. The molecule has 0 aromatic carbocycles. The Labute approximate surface area is 60.9 Å². The lowest BCUT2D eigenvalue weighted by Gasteiger charge is -1.88. The van der Waals surface area contributed by atoms with Gasteiger partial charge >= 0.3 is 5.97 Å². The quantitative estimate of drug-likeness (QED) is 0.439. The second-order valence-electron chi connectivity index (χ2n) is 2.60. The standard InChI is InChI=1S/C8H12O2/c1-10-8(9)4-2-3-7-5-6-7/h2,4,7H,3,5-6H2,1H3. The lowest BCUT2D eigenvalue weighted by molar-refractivity contribution is -0.134. The summed E-state index contributed by atoms with van der Waals surface area (Å²) in [7, 11) is 1.39. The monoisotopic (exact) mass is 140 g/mol. The third kappa shape index (κ3) is 2.67. The molecule has 2 heteroatoms. The molecule has 56 valence electrons. The first kappa shape index (κ1) is 7.32. The van der Waals surface area contributed by atoms with Crippen molar-refractivity contribution in [1.29, 1.82) is 0 Å². The van der Waals surface area contributed by atoms with E-state index in [2.05, 4.69) is 4.74 Å². The van der Waals surface area contributed by atoms with E-state index < -0.39 is 0 Å².